The second-order valence-corrected chi connectivity index (χ2v) is 13.3. The summed E-state index contributed by atoms with van der Waals surface area (Å²) in [6.07, 6.45) is 5.36. The fourth-order valence-corrected chi connectivity index (χ4v) is 7.13. The highest BCUT2D eigenvalue weighted by molar-refractivity contribution is 7.88. The van der Waals surface area contributed by atoms with Gasteiger partial charge in [0.15, 0.2) is 0 Å². The molecular weight excluding hydrogens is 598 g/mol. The second-order valence-electron chi connectivity index (χ2n) is 11.1. The van der Waals surface area contributed by atoms with Crippen LogP contribution >= 0.6 is 11.6 Å². The minimum Gasteiger partial charge on any atom is -0.319 e. The van der Waals surface area contributed by atoms with E-state index in [-0.39, 0.29) is 5.75 Å². The van der Waals surface area contributed by atoms with Crippen LogP contribution in [0.1, 0.15) is 39.1 Å². The van der Waals surface area contributed by atoms with Crippen LogP contribution in [-0.2, 0) is 34.2 Å². The molecule has 0 amide bonds. The molecule has 5 nitrogen and oxygen atoms in total. The Labute approximate surface area is 270 Å². The van der Waals surface area contributed by atoms with E-state index in [1.807, 2.05) is 24.5 Å². The summed E-state index contributed by atoms with van der Waals surface area (Å²) in [6, 6.07) is 46.9. The number of sulfonamides is 1. The van der Waals surface area contributed by atoms with Crippen LogP contribution in [0.3, 0.4) is 0 Å². The zero-order chi connectivity index (χ0) is 31.1. The minimum atomic E-state index is -3.44. The van der Waals surface area contributed by atoms with Gasteiger partial charge in [0.1, 0.15) is 5.54 Å². The summed E-state index contributed by atoms with van der Waals surface area (Å²) < 4.78 is 30.0. The Bertz CT molecular complexity index is 1830. The summed E-state index contributed by atoms with van der Waals surface area (Å²) >= 11 is 5.91. The quantitative estimate of drug-likeness (QED) is 0.141. The molecule has 1 N–H and O–H groups in total. The number of imidazole rings is 1. The Morgan fingerprint density at radius 2 is 1.13 bits per heavy atom. The van der Waals surface area contributed by atoms with Crippen molar-refractivity contribution in [2.24, 2.45) is 0 Å². The van der Waals surface area contributed by atoms with E-state index in [1.165, 1.54) is 0 Å². The summed E-state index contributed by atoms with van der Waals surface area (Å²) in [5, 5.41) is 0.584. The third-order valence-corrected chi connectivity index (χ3v) is 9.62. The first-order chi connectivity index (χ1) is 21.9. The average molecular weight is 632 g/mol. The molecule has 1 heterocycles. The molecule has 6 aromatic rings. The van der Waals surface area contributed by atoms with Crippen molar-refractivity contribution < 1.29 is 8.42 Å². The minimum absolute atomic E-state index is 0.0736. The summed E-state index contributed by atoms with van der Waals surface area (Å²) in [6.45, 7) is 0.334. The van der Waals surface area contributed by atoms with Crippen molar-refractivity contribution in [1.29, 1.82) is 0 Å². The first kappa shape index (κ1) is 30.5. The number of hydrogen-bond acceptors (Lipinski definition) is 3. The average Bonchev–Trinajstić information content (AvgIpc) is 3.53. The largest absolute Gasteiger partial charge is 0.319 e. The molecule has 226 valence electrons. The molecule has 0 aliphatic rings. The first-order valence-corrected chi connectivity index (χ1v) is 16.9. The summed E-state index contributed by atoms with van der Waals surface area (Å²) in [4.78, 5) is 4.87. The highest BCUT2D eigenvalue weighted by Gasteiger charge is 2.38. The number of rotatable bonds is 12. The molecule has 0 saturated carbocycles. The Morgan fingerprint density at radius 3 is 1.67 bits per heavy atom. The lowest BCUT2D eigenvalue weighted by atomic mass is 9.77. The van der Waals surface area contributed by atoms with E-state index in [0.717, 1.165) is 33.5 Å². The van der Waals surface area contributed by atoms with Gasteiger partial charge >= 0.3 is 0 Å². The Kier molecular flexibility index (Phi) is 9.26. The molecule has 0 bridgehead atoms. The predicted octanol–water partition coefficient (Wildman–Crippen LogP) is 7.63. The summed E-state index contributed by atoms with van der Waals surface area (Å²) in [5.74, 6) is -0.0736. The van der Waals surface area contributed by atoms with Crippen molar-refractivity contribution in [3.05, 3.63) is 196 Å². The molecule has 0 saturated heterocycles. The SMILES string of the molecule is O=S(=O)(Cc1ccc(Cl)cc1)NCCc1ccc(Cc2cn(C(c3ccccc3)(c3ccccc3)c3ccccc3)cn2)cc1. The summed E-state index contributed by atoms with van der Waals surface area (Å²) in [7, 11) is -3.44. The molecule has 6 rings (SSSR count). The lowest BCUT2D eigenvalue weighted by molar-refractivity contribution is 0.514. The maximum Gasteiger partial charge on any atom is 0.215 e. The third kappa shape index (κ3) is 7.10. The van der Waals surface area contributed by atoms with Crippen LogP contribution in [0, 0.1) is 0 Å². The van der Waals surface area contributed by atoms with Gasteiger partial charge in [0.2, 0.25) is 10.0 Å². The number of nitrogens with zero attached hydrogens (tertiary/aromatic N) is 2. The van der Waals surface area contributed by atoms with E-state index in [1.54, 1.807) is 24.3 Å². The van der Waals surface area contributed by atoms with Gasteiger partial charge in [0.25, 0.3) is 0 Å². The highest BCUT2D eigenvalue weighted by Crippen LogP contribution is 2.40. The molecule has 0 spiro atoms. The van der Waals surface area contributed by atoms with Gasteiger partial charge in [-0.15, -0.1) is 0 Å². The van der Waals surface area contributed by atoms with Crippen molar-refractivity contribution in [2.45, 2.75) is 24.1 Å². The van der Waals surface area contributed by atoms with Crippen LogP contribution in [0.4, 0.5) is 0 Å². The number of hydrogen-bond donors (Lipinski definition) is 1. The molecule has 0 unspecified atom stereocenters. The molecule has 7 heteroatoms. The highest BCUT2D eigenvalue weighted by atomic mass is 35.5. The van der Waals surface area contributed by atoms with Crippen molar-refractivity contribution in [3.63, 3.8) is 0 Å². The van der Waals surface area contributed by atoms with Gasteiger partial charge in [0, 0.05) is 24.2 Å². The Morgan fingerprint density at radius 1 is 0.644 bits per heavy atom. The lowest BCUT2D eigenvalue weighted by Gasteiger charge is -2.37. The van der Waals surface area contributed by atoms with E-state index in [2.05, 4.69) is 113 Å². The van der Waals surface area contributed by atoms with Crippen molar-refractivity contribution in [2.75, 3.05) is 6.54 Å². The van der Waals surface area contributed by atoms with Crippen LogP contribution in [0.2, 0.25) is 5.02 Å². The van der Waals surface area contributed by atoms with Gasteiger partial charge in [-0.1, -0.05) is 139 Å². The van der Waals surface area contributed by atoms with Gasteiger partial charge in [-0.3, -0.25) is 0 Å². The van der Waals surface area contributed by atoms with Crippen LogP contribution in [0.25, 0.3) is 0 Å². The zero-order valence-corrected chi connectivity index (χ0v) is 26.3. The van der Waals surface area contributed by atoms with Crippen molar-refractivity contribution in [3.8, 4) is 0 Å². The van der Waals surface area contributed by atoms with Gasteiger partial charge in [-0.25, -0.2) is 18.1 Å². The van der Waals surface area contributed by atoms with Crippen LogP contribution in [0.15, 0.2) is 152 Å². The fourth-order valence-electron chi connectivity index (χ4n) is 5.86. The number of nitrogens with one attached hydrogen (secondary N) is 1. The maximum absolute atomic E-state index is 12.5. The maximum atomic E-state index is 12.5. The fraction of sp³-hybridized carbons (Fsp3) is 0.132. The molecule has 5 aromatic carbocycles. The van der Waals surface area contributed by atoms with Crippen molar-refractivity contribution in [1.82, 2.24) is 14.3 Å². The molecule has 1 aromatic heterocycles. The molecule has 0 aliphatic heterocycles. The van der Waals surface area contributed by atoms with E-state index in [4.69, 9.17) is 16.6 Å². The van der Waals surface area contributed by atoms with Gasteiger partial charge in [0.05, 0.1) is 17.8 Å². The number of halogens is 1. The molecule has 0 fully saturated rings. The van der Waals surface area contributed by atoms with E-state index < -0.39 is 15.6 Å². The van der Waals surface area contributed by atoms with Gasteiger partial charge < -0.3 is 4.57 Å². The van der Waals surface area contributed by atoms with Crippen LogP contribution < -0.4 is 4.72 Å². The zero-order valence-electron chi connectivity index (χ0n) is 24.8. The van der Waals surface area contributed by atoms with E-state index in [9.17, 15) is 8.42 Å². The topological polar surface area (TPSA) is 64.0 Å². The van der Waals surface area contributed by atoms with Gasteiger partial charge in [-0.05, 0) is 51.9 Å². The van der Waals surface area contributed by atoms with E-state index in [0.29, 0.717) is 30.0 Å². The smallest absolute Gasteiger partial charge is 0.215 e. The van der Waals surface area contributed by atoms with Crippen LogP contribution in [0.5, 0.6) is 0 Å². The standard InChI is InChI=1S/C38H34ClN3O2S/c39-36-22-20-32(21-23-36)28-45(43,44)41-25-24-30-16-18-31(19-17-30)26-37-27-42(29-40-37)38(33-10-4-1-5-11-33,34-12-6-2-7-13-34)35-14-8-3-9-15-35/h1-23,27,29,41H,24-26,28H2. The Hall–Kier alpha value is -4.49. The number of aromatic nitrogens is 2. The molecular formula is C38H34ClN3O2S. The predicted molar refractivity (Wildman–Crippen MR) is 182 cm³/mol. The lowest BCUT2D eigenvalue weighted by Crippen LogP contribution is -2.36. The molecule has 0 radical (unpaired) electrons. The van der Waals surface area contributed by atoms with Crippen molar-refractivity contribution >= 4 is 21.6 Å². The molecule has 0 atom stereocenters. The van der Waals surface area contributed by atoms with Gasteiger partial charge in [-0.2, -0.15) is 0 Å². The monoisotopic (exact) mass is 631 g/mol. The third-order valence-electron chi connectivity index (χ3n) is 8.01. The first-order valence-electron chi connectivity index (χ1n) is 14.9. The summed E-state index contributed by atoms with van der Waals surface area (Å²) in [5.41, 5.74) is 6.72. The molecule has 0 aliphatic carbocycles. The normalized spacial score (nSPS) is 11.8. The molecule has 45 heavy (non-hydrogen) atoms. The number of benzene rings is 5. The second kappa shape index (κ2) is 13.7. The van der Waals surface area contributed by atoms with E-state index >= 15 is 0 Å². The van der Waals surface area contributed by atoms with Crippen LogP contribution in [-0.4, -0.2) is 24.5 Å². The Balaban J connectivity index is 1.18.